The molecule has 3 N–H and O–H groups in total. The molecule has 0 atom stereocenters. The Morgan fingerprint density at radius 2 is 1.45 bits per heavy atom. The van der Waals surface area contributed by atoms with Crippen LogP contribution >= 0.6 is 0 Å². The largest absolute Gasteiger partial charge is 0.508 e. The van der Waals surface area contributed by atoms with Crippen LogP contribution in [0.1, 0.15) is 22.5 Å². The van der Waals surface area contributed by atoms with Crippen LogP contribution in [0.4, 0.5) is 4.39 Å². The number of imidazole rings is 1. The summed E-state index contributed by atoms with van der Waals surface area (Å²) in [6.45, 7) is 0. The van der Waals surface area contributed by atoms with Crippen molar-refractivity contribution in [2.45, 2.75) is 12.8 Å². The Morgan fingerprint density at radius 1 is 0.758 bits per heavy atom. The number of hydrogen-bond donors (Lipinski definition) is 3. The molecule has 3 aromatic carbocycles. The van der Waals surface area contributed by atoms with Gasteiger partial charge in [0.1, 0.15) is 11.4 Å². The number of nitrogens with zero attached hydrogens (tertiary/aromatic N) is 3. The Kier molecular flexibility index (Phi) is 5.14. The minimum absolute atomic E-state index is 0.0321. The summed E-state index contributed by atoms with van der Waals surface area (Å²) >= 11 is 0. The van der Waals surface area contributed by atoms with Gasteiger partial charge in [0.25, 0.3) is 0 Å². The average molecular weight is 441 g/mol. The van der Waals surface area contributed by atoms with E-state index >= 15 is 0 Å². The monoisotopic (exact) mass is 441 g/mol. The lowest BCUT2D eigenvalue weighted by atomic mass is 10.1. The highest BCUT2D eigenvalue weighted by atomic mass is 19.1. The third kappa shape index (κ3) is 4.08. The third-order valence-corrected chi connectivity index (χ3v) is 5.49. The van der Waals surface area contributed by atoms with Gasteiger partial charge in [-0.3, -0.25) is 4.40 Å². The molecule has 0 unspecified atom stereocenters. The normalized spacial score (nSPS) is 11.2. The number of hydrogen-bond acceptors (Lipinski definition) is 5. The number of phenolic OH excluding ortho intramolecular Hbond substituents is 2. The lowest BCUT2D eigenvalue weighted by molar-refractivity contribution is 0.432. The highest BCUT2D eigenvalue weighted by molar-refractivity contribution is 5.64. The molecule has 0 aliphatic heterocycles. The summed E-state index contributed by atoms with van der Waals surface area (Å²) in [5.74, 6) is -1.05. The zero-order valence-corrected chi connectivity index (χ0v) is 17.5. The number of aromatic hydroxyl groups is 3. The van der Waals surface area contributed by atoms with Gasteiger partial charge in [-0.1, -0.05) is 42.5 Å². The van der Waals surface area contributed by atoms with Crippen molar-refractivity contribution < 1.29 is 19.7 Å². The number of phenols is 2. The van der Waals surface area contributed by atoms with Gasteiger partial charge in [0, 0.05) is 24.6 Å². The maximum atomic E-state index is 14.0. The zero-order valence-electron chi connectivity index (χ0n) is 17.5. The van der Waals surface area contributed by atoms with E-state index in [0.29, 0.717) is 41.1 Å². The Balaban J connectivity index is 1.65. The smallest absolute Gasteiger partial charge is 0.219 e. The molecule has 7 heteroatoms. The minimum Gasteiger partial charge on any atom is -0.508 e. The van der Waals surface area contributed by atoms with Gasteiger partial charge in [-0.2, -0.15) is 0 Å². The van der Waals surface area contributed by atoms with Gasteiger partial charge in [-0.05, 0) is 41.5 Å². The van der Waals surface area contributed by atoms with Crippen LogP contribution in [0.15, 0.2) is 79.0 Å². The molecule has 2 heterocycles. The molecule has 33 heavy (non-hydrogen) atoms. The summed E-state index contributed by atoms with van der Waals surface area (Å²) in [5, 5.41) is 30.0. The first-order valence-electron chi connectivity index (χ1n) is 10.4. The van der Waals surface area contributed by atoms with E-state index in [1.165, 1.54) is 12.1 Å². The van der Waals surface area contributed by atoms with Gasteiger partial charge in [0.15, 0.2) is 17.2 Å². The van der Waals surface area contributed by atoms with Crippen molar-refractivity contribution >= 4 is 5.65 Å². The molecule has 164 valence electrons. The van der Waals surface area contributed by atoms with E-state index in [1.54, 1.807) is 40.9 Å². The van der Waals surface area contributed by atoms with E-state index in [0.717, 1.165) is 11.1 Å². The van der Waals surface area contributed by atoms with Crippen LogP contribution in [0.25, 0.3) is 16.9 Å². The number of benzene rings is 3. The van der Waals surface area contributed by atoms with E-state index in [4.69, 9.17) is 4.98 Å². The fourth-order valence-electron chi connectivity index (χ4n) is 3.78. The van der Waals surface area contributed by atoms with E-state index < -0.39 is 11.6 Å². The topological polar surface area (TPSA) is 90.9 Å². The molecule has 0 saturated carbocycles. The van der Waals surface area contributed by atoms with Crippen LogP contribution in [0.2, 0.25) is 0 Å². The van der Waals surface area contributed by atoms with Crippen molar-refractivity contribution in [1.82, 2.24) is 14.4 Å². The van der Waals surface area contributed by atoms with Crippen LogP contribution < -0.4 is 0 Å². The number of rotatable bonds is 5. The van der Waals surface area contributed by atoms with Crippen molar-refractivity contribution in [3.63, 3.8) is 0 Å². The quantitative estimate of drug-likeness (QED) is 0.363. The van der Waals surface area contributed by atoms with Gasteiger partial charge in [-0.25, -0.2) is 14.4 Å². The lowest BCUT2D eigenvalue weighted by Gasteiger charge is -2.09. The zero-order chi connectivity index (χ0) is 22.9. The van der Waals surface area contributed by atoms with E-state index in [2.05, 4.69) is 4.98 Å². The van der Waals surface area contributed by atoms with Crippen LogP contribution in [0.3, 0.4) is 0 Å². The molecule has 0 bridgehead atoms. The van der Waals surface area contributed by atoms with E-state index in [-0.39, 0.29) is 11.6 Å². The first-order chi connectivity index (χ1) is 16.0. The summed E-state index contributed by atoms with van der Waals surface area (Å²) in [5.41, 5.74) is 4.40. The van der Waals surface area contributed by atoms with Gasteiger partial charge in [0.05, 0.1) is 11.4 Å². The fraction of sp³-hybridized carbons (Fsp3) is 0.0769. The summed E-state index contributed by atoms with van der Waals surface area (Å²) in [4.78, 5) is 9.40. The molecule has 0 saturated heterocycles. The predicted octanol–water partition coefficient (Wildman–Crippen LogP) is 4.83. The van der Waals surface area contributed by atoms with E-state index in [1.807, 2.05) is 30.3 Å². The molecule has 5 aromatic rings. The van der Waals surface area contributed by atoms with Crippen LogP contribution in [-0.4, -0.2) is 29.7 Å². The minimum atomic E-state index is -0.748. The molecule has 0 amide bonds. The van der Waals surface area contributed by atoms with Crippen molar-refractivity contribution in [2.75, 3.05) is 0 Å². The Labute approximate surface area is 188 Å². The van der Waals surface area contributed by atoms with Crippen molar-refractivity contribution in [3.05, 3.63) is 107 Å². The molecule has 6 nitrogen and oxygen atoms in total. The summed E-state index contributed by atoms with van der Waals surface area (Å²) in [6.07, 6.45) is 2.44. The summed E-state index contributed by atoms with van der Waals surface area (Å²) in [7, 11) is 0. The fourth-order valence-corrected chi connectivity index (χ4v) is 3.78. The lowest BCUT2D eigenvalue weighted by Crippen LogP contribution is -2.01. The van der Waals surface area contributed by atoms with Gasteiger partial charge < -0.3 is 15.3 Å². The van der Waals surface area contributed by atoms with Crippen molar-refractivity contribution in [1.29, 1.82) is 0 Å². The van der Waals surface area contributed by atoms with Crippen LogP contribution in [0.5, 0.6) is 17.4 Å². The predicted molar refractivity (Wildman–Crippen MR) is 122 cm³/mol. The summed E-state index contributed by atoms with van der Waals surface area (Å²) in [6, 6.07) is 20.5. The van der Waals surface area contributed by atoms with Crippen molar-refractivity contribution in [2.24, 2.45) is 0 Å². The molecule has 0 spiro atoms. The number of halogens is 1. The van der Waals surface area contributed by atoms with Gasteiger partial charge >= 0.3 is 0 Å². The molecule has 0 fully saturated rings. The van der Waals surface area contributed by atoms with Crippen molar-refractivity contribution in [3.8, 4) is 28.6 Å². The highest BCUT2D eigenvalue weighted by Gasteiger charge is 2.18. The van der Waals surface area contributed by atoms with Gasteiger partial charge in [0.2, 0.25) is 5.88 Å². The van der Waals surface area contributed by atoms with E-state index in [9.17, 15) is 19.7 Å². The second kappa shape index (κ2) is 8.27. The first kappa shape index (κ1) is 20.5. The standard InChI is InChI=1S/C26H20FN3O3/c27-20-14-18(8-11-24(20)32)23-15-30-25(21(28-23)12-16-4-2-1-3-5-16)29-22(26(30)33)13-17-6-9-19(31)10-7-17/h1-11,14-15,31-33H,12-13H2. The molecule has 5 rings (SSSR count). The number of aromatic nitrogens is 3. The average Bonchev–Trinajstić information content (AvgIpc) is 3.13. The highest BCUT2D eigenvalue weighted by Crippen LogP contribution is 2.30. The summed E-state index contributed by atoms with van der Waals surface area (Å²) < 4.78 is 15.6. The molecular weight excluding hydrogens is 421 g/mol. The van der Waals surface area contributed by atoms with Crippen LogP contribution in [0, 0.1) is 5.82 Å². The maximum absolute atomic E-state index is 14.0. The molecule has 2 aromatic heterocycles. The maximum Gasteiger partial charge on any atom is 0.219 e. The molecule has 0 aliphatic carbocycles. The Morgan fingerprint density at radius 3 is 2.18 bits per heavy atom. The van der Waals surface area contributed by atoms with Gasteiger partial charge in [-0.15, -0.1) is 0 Å². The Bertz CT molecular complexity index is 1450. The van der Waals surface area contributed by atoms with Crippen LogP contribution in [-0.2, 0) is 12.8 Å². The second-order valence-corrected chi connectivity index (χ2v) is 7.82. The molecule has 0 radical (unpaired) electrons. The molecule has 0 aliphatic rings. The third-order valence-electron chi connectivity index (χ3n) is 5.49. The SMILES string of the molecule is Oc1ccc(Cc2nc3c(Cc4ccccc4)nc(-c4ccc(O)c(F)c4)cn3c2O)cc1. The Hall–Kier alpha value is -4.39. The number of fused-ring (bicyclic) bond motifs is 1. The molecular formula is C26H20FN3O3. The second-order valence-electron chi connectivity index (χ2n) is 7.82. The first-order valence-corrected chi connectivity index (χ1v) is 10.4.